The molecule has 0 bridgehead atoms. The molecular weight excluding hydrogens is 685 g/mol. The molecule has 2 aliphatic rings. The lowest BCUT2D eigenvalue weighted by Gasteiger charge is -2.14. The number of fused-ring (bicyclic) bond motifs is 6. The van der Waals surface area contributed by atoms with Crippen molar-refractivity contribution in [3.63, 3.8) is 0 Å². The molecule has 12 heteroatoms. The third-order valence-electron chi connectivity index (χ3n) is 9.26. The molecular formula is C40H17F7N4O. The Hall–Kier alpha value is -6.89. The Labute approximate surface area is 290 Å². The van der Waals surface area contributed by atoms with Crippen LogP contribution in [0.1, 0.15) is 27.8 Å². The van der Waals surface area contributed by atoms with Gasteiger partial charge >= 0.3 is 6.36 Å². The molecule has 0 aromatic heterocycles. The summed E-state index contributed by atoms with van der Waals surface area (Å²) in [5.41, 5.74) is 4.38. The first-order chi connectivity index (χ1) is 24.8. The summed E-state index contributed by atoms with van der Waals surface area (Å²) in [4.78, 5) is 7.02. The molecule has 0 spiro atoms. The third kappa shape index (κ3) is 5.30. The van der Waals surface area contributed by atoms with Crippen LogP contribution in [0.3, 0.4) is 0 Å². The largest absolute Gasteiger partial charge is 0.573 e. The fourth-order valence-electron chi connectivity index (χ4n) is 7.06. The monoisotopic (exact) mass is 702 g/mol. The van der Waals surface area contributed by atoms with E-state index in [1.165, 1.54) is 25.1 Å². The highest BCUT2D eigenvalue weighted by Crippen LogP contribution is 2.43. The predicted octanol–water partition coefficient (Wildman–Crippen LogP) is 9.03. The van der Waals surface area contributed by atoms with Crippen LogP contribution in [0, 0.1) is 66.0 Å². The van der Waals surface area contributed by atoms with Crippen LogP contribution in [0.25, 0.3) is 65.6 Å². The molecule has 0 saturated heterocycles. The number of benzene rings is 5. The normalized spacial score (nSPS) is 13.4. The van der Waals surface area contributed by atoms with Gasteiger partial charge in [0.1, 0.15) is 11.6 Å². The zero-order chi connectivity index (χ0) is 37.2. The lowest BCUT2D eigenvalue weighted by Crippen LogP contribution is -2.25. The molecule has 0 heterocycles. The Balaban J connectivity index is 1.46. The highest BCUT2D eigenvalue weighted by Gasteiger charge is 2.35. The molecule has 5 aromatic carbocycles. The van der Waals surface area contributed by atoms with Gasteiger partial charge in [-0.2, -0.15) is 0 Å². The van der Waals surface area contributed by atoms with Crippen LogP contribution in [0.5, 0.6) is 5.75 Å². The van der Waals surface area contributed by atoms with Crippen LogP contribution in [-0.4, -0.2) is 6.36 Å². The average molecular weight is 703 g/mol. The van der Waals surface area contributed by atoms with Gasteiger partial charge < -0.3 is 4.74 Å². The van der Waals surface area contributed by atoms with Crippen molar-refractivity contribution < 1.29 is 35.5 Å². The van der Waals surface area contributed by atoms with Crippen molar-refractivity contribution in [3.8, 4) is 62.4 Å². The lowest BCUT2D eigenvalue weighted by atomic mass is 9.90. The van der Waals surface area contributed by atoms with Crippen LogP contribution in [0.15, 0.2) is 60.7 Å². The fraction of sp³-hybridized carbons (Fsp3) is 0.100. The second-order valence-electron chi connectivity index (χ2n) is 12.1. The van der Waals surface area contributed by atoms with Crippen molar-refractivity contribution >= 4 is 11.4 Å². The maximum absolute atomic E-state index is 14.7. The van der Waals surface area contributed by atoms with E-state index in [1.54, 1.807) is 30.3 Å². The van der Waals surface area contributed by atoms with Crippen molar-refractivity contribution in [1.82, 2.24) is 0 Å². The number of ether oxygens (including phenoxy) is 1. The van der Waals surface area contributed by atoms with Crippen LogP contribution in [0.2, 0.25) is 0 Å². The van der Waals surface area contributed by atoms with Crippen molar-refractivity contribution in [2.75, 3.05) is 0 Å². The second-order valence-corrected chi connectivity index (χ2v) is 12.1. The van der Waals surface area contributed by atoms with E-state index in [0.717, 1.165) is 0 Å². The Kier molecular flexibility index (Phi) is 7.86. The Morgan fingerprint density at radius 2 is 1.06 bits per heavy atom. The molecule has 252 valence electrons. The Morgan fingerprint density at radius 3 is 1.42 bits per heavy atom. The summed E-state index contributed by atoms with van der Waals surface area (Å²) in [6, 6.07) is 17.4. The molecule has 0 unspecified atom stereocenters. The average Bonchev–Trinajstić information content (AvgIpc) is 3.67. The summed E-state index contributed by atoms with van der Waals surface area (Å²) in [5.74, 6) is -6.20. The van der Waals surface area contributed by atoms with Crippen LogP contribution < -0.4 is 15.2 Å². The van der Waals surface area contributed by atoms with E-state index in [-0.39, 0.29) is 56.9 Å². The van der Waals surface area contributed by atoms with Gasteiger partial charge in [0, 0.05) is 16.0 Å². The number of alkyl halides is 3. The van der Waals surface area contributed by atoms with Gasteiger partial charge in [0.2, 0.25) is 5.75 Å². The van der Waals surface area contributed by atoms with Gasteiger partial charge in [-0.25, -0.2) is 37.8 Å². The predicted molar refractivity (Wildman–Crippen MR) is 176 cm³/mol. The first kappa shape index (κ1) is 33.6. The summed E-state index contributed by atoms with van der Waals surface area (Å²) < 4.78 is 100.0. The smallest absolute Gasteiger partial charge is 0.399 e. The summed E-state index contributed by atoms with van der Waals surface area (Å²) in [6.45, 7) is 17.1. The van der Waals surface area contributed by atoms with Crippen molar-refractivity contribution in [3.05, 3.63) is 145 Å². The third-order valence-corrected chi connectivity index (χ3v) is 9.26. The van der Waals surface area contributed by atoms with Crippen molar-refractivity contribution in [2.24, 2.45) is 0 Å². The minimum absolute atomic E-state index is 0.0566. The fourth-order valence-corrected chi connectivity index (χ4v) is 7.06. The summed E-state index contributed by atoms with van der Waals surface area (Å²) in [7, 11) is 0. The van der Waals surface area contributed by atoms with Gasteiger partial charge in [0.15, 0.2) is 11.6 Å². The van der Waals surface area contributed by atoms with Crippen molar-refractivity contribution in [2.45, 2.75) is 26.1 Å². The molecule has 0 aliphatic heterocycles. The van der Waals surface area contributed by atoms with E-state index in [4.69, 9.17) is 13.1 Å². The minimum atomic E-state index is -5.32. The number of rotatable bonds is 3. The summed E-state index contributed by atoms with van der Waals surface area (Å²) in [5, 5.41) is 20.9. The molecule has 0 saturated carbocycles. The first-order valence-electron chi connectivity index (χ1n) is 15.3. The zero-order valence-corrected chi connectivity index (χ0v) is 26.5. The molecule has 0 amide bonds. The minimum Gasteiger partial charge on any atom is -0.399 e. The van der Waals surface area contributed by atoms with Gasteiger partial charge in [-0.05, 0) is 111 Å². The maximum Gasteiger partial charge on any atom is 0.573 e. The molecule has 52 heavy (non-hydrogen) atoms. The van der Waals surface area contributed by atoms with Crippen LogP contribution >= 0.6 is 0 Å². The molecule has 5 nitrogen and oxygen atoms in total. The molecule has 5 aromatic rings. The van der Waals surface area contributed by atoms with Gasteiger partial charge in [0.25, 0.3) is 11.4 Å². The van der Waals surface area contributed by atoms with E-state index >= 15 is 0 Å². The SMILES string of the molecule is [C-]#[N+]/C(C#N)=c1/c2c(/c(=C(\C#N)[N+]#[C-])c3c1-c1ccc(-c4cc(F)c(C)c(F)c4)cc1C3)-c1ccc(-c3cc(F)c(OC(F)(F)F)c(F)c3)cc1C2. The number of nitriles is 2. The molecule has 0 atom stereocenters. The summed E-state index contributed by atoms with van der Waals surface area (Å²) >= 11 is 0. The van der Waals surface area contributed by atoms with Crippen molar-refractivity contribution in [1.29, 1.82) is 10.5 Å². The molecule has 7 rings (SSSR count). The van der Waals surface area contributed by atoms with E-state index in [2.05, 4.69) is 14.4 Å². The van der Waals surface area contributed by atoms with E-state index in [9.17, 15) is 41.3 Å². The van der Waals surface area contributed by atoms with E-state index in [1.807, 2.05) is 12.1 Å². The molecule has 2 aliphatic carbocycles. The summed E-state index contributed by atoms with van der Waals surface area (Å²) in [6.07, 6.45) is -5.13. The zero-order valence-electron chi connectivity index (χ0n) is 26.5. The van der Waals surface area contributed by atoms with Gasteiger partial charge in [0.05, 0.1) is 25.3 Å². The van der Waals surface area contributed by atoms with Crippen LogP contribution in [0.4, 0.5) is 30.7 Å². The highest BCUT2D eigenvalue weighted by atomic mass is 19.4. The number of halogens is 7. The molecule has 0 radical (unpaired) electrons. The van der Waals surface area contributed by atoms with E-state index < -0.39 is 35.4 Å². The maximum atomic E-state index is 14.7. The van der Waals surface area contributed by atoms with Gasteiger partial charge in [-0.3, -0.25) is 0 Å². The van der Waals surface area contributed by atoms with Gasteiger partial charge in [-0.15, -0.1) is 13.2 Å². The highest BCUT2D eigenvalue weighted by molar-refractivity contribution is 5.93. The number of hydrogen-bond donors (Lipinski definition) is 0. The van der Waals surface area contributed by atoms with Crippen LogP contribution in [-0.2, 0) is 12.8 Å². The lowest BCUT2D eigenvalue weighted by molar-refractivity contribution is -0.276. The van der Waals surface area contributed by atoms with Gasteiger partial charge in [-0.1, -0.05) is 36.4 Å². The topological polar surface area (TPSA) is 65.5 Å². The molecule has 0 N–H and O–H groups in total. The Bertz CT molecular complexity index is 2680. The standard InChI is InChI=1S/C40H17F7N4O/c1-18-29(41)12-21(13-30(18)42)19-4-6-25-23(8-19)10-27-35(25)38(34(17-49)51-3)28-11-24-9-20(5-7-26(24)36(28)37(27)33(16-48)50-2)22-14-31(43)39(32(44)15-22)52-40(45,46)47/h4-9,12-15H,10-11H2,1H3/b37-33+,38-34-. The quantitative estimate of drug-likeness (QED) is 0.136. The second kappa shape index (κ2) is 12.2. The molecule has 0 fully saturated rings. The number of hydrogen-bond acceptors (Lipinski definition) is 3. The van der Waals surface area contributed by atoms with E-state index in [0.29, 0.717) is 62.2 Å². The first-order valence-corrected chi connectivity index (χ1v) is 15.3. The Morgan fingerprint density at radius 1 is 0.654 bits per heavy atom. The number of nitrogens with zero attached hydrogens (tertiary/aromatic N) is 4.